The summed E-state index contributed by atoms with van der Waals surface area (Å²) >= 11 is 0. The third-order valence-corrected chi connectivity index (χ3v) is 6.18. The Hall–Kier alpha value is -4.17. The van der Waals surface area contributed by atoms with E-state index in [1.54, 1.807) is 23.4 Å². The van der Waals surface area contributed by atoms with Crippen LogP contribution in [0, 0.1) is 0 Å². The summed E-state index contributed by atoms with van der Waals surface area (Å²) < 4.78 is 38.7. The summed E-state index contributed by atoms with van der Waals surface area (Å²) in [6, 6.07) is 24.5. The van der Waals surface area contributed by atoms with E-state index in [-0.39, 0.29) is 12.2 Å². The largest absolute Gasteiger partial charge is 0.416 e. The van der Waals surface area contributed by atoms with Crippen molar-refractivity contribution in [1.82, 2.24) is 15.2 Å². The van der Waals surface area contributed by atoms with Gasteiger partial charge in [-0.25, -0.2) is 4.79 Å². The molecule has 0 unspecified atom stereocenters. The van der Waals surface area contributed by atoms with Crippen molar-refractivity contribution in [2.45, 2.75) is 45.7 Å². The molecular weight excluding hydrogens is 501 g/mol. The molecule has 0 bridgehead atoms. The van der Waals surface area contributed by atoms with E-state index in [0.29, 0.717) is 12.6 Å². The van der Waals surface area contributed by atoms with E-state index in [4.69, 9.17) is 0 Å². The van der Waals surface area contributed by atoms with Crippen LogP contribution >= 0.6 is 0 Å². The monoisotopic (exact) mass is 532 g/mol. The number of urea groups is 1. The van der Waals surface area contributed by atoms with Crippen molar-refractivity contribution in [1.29, 1.82) is 0 Å². The number of aromatic nitrogens is 1. The fraction of sp³-hybridized carbons (Fsp3) is 0.226. The molecule has 2 amide bonds. The molecule has 4 aromatic rings. The lowest BCUT2D eigenvalue weighted by atomic mass is 10.0. The quantitative estimate of drug-likeness (QED) is 0.235. The number of carbonyl (C=O) groups is 1. The molecule has 4 rings (SSSR count). The summed E-state index contributed by atoms with van der Waals surface area (Å²) in [6.07, 6.45) is -1.10. The number of alkyl halides is 3. The van der Waals surface area contributed by atoms with E-state index in [1.807, 2.05) is 30.3 Å². The minimum atomic E-state index is -4.44. The third kappa shape index (κ3) is 8.15. The number of halogens is 3. The predicted octanol–water partition coefficient (Wildman–Crippen LogP) is 7.50. The minimum Gasteiger partial charge on any atom is -0.316 e. The van der Waals surface area contributed by atoms with Gasteiger partial charge in [-0.2, -0.15) is 13.2 Å². The molecule has 0 saturated carbocycles. The van der Waals surface area contributed by atoms with Gasteiger partial charge in [0.25, 0.3) is 0 Å². The second kappa shape index (κ2) is 12.6. The highest BCUT2D eigenvalue weighted by Crippen LogP contribution is 2.30. The first-order chi connectivity index (χ1) is 18.7. The summed E-state index contributed by atoms with van der Waals surface area (Å²) in [5.41, 5.74) is 4.65. The van der Waals surface area contributed by atoms with Crippen LogP contribution in [0.3, 0.4) is 0 Å². The molecule has 0 atom stereocenters. The number of benzene rings is 3. The highest BCUT2D eigenvalue weighted by Gasteiger charge is 2.30. The van der Waals surface area contributed by atoms with Crippen LogP contribution in [-0.2, 0) is 25.8 Å². The van der Waals surface area contributed by atoms with Crippen molar-refractivity contribution in [3.8, 4) is 11.1 Å². The van der Waals surface area contributed by atoms with E-state index in [0.717, 1.165) is 40.9 Å². The second-order valence-electron chi connectivity index (χ2n) is 9.65. The number of anilines is 1. The normalized spacial score (nSPS) is 11.4. The molecule has 2 N–H and O–H groups in total. The topological polar surface area (TPSA) is 57.3 Å². The van der Waals surface area contributed by atoms with Gasteiger partial charge in [-0.1, -0.05) is 68.4 Å². The Labute approximate surface area is 226 Å². The summed E-state index contributed by atoms with van der Waals surface area (Å²) in [4.78, 5) is 18.9. The van der Waals surface area contributed by atoms with Gasteiger partial charge in [-0.05, 0) is 58.1 Å². The van der Waals surface area contributed by atoms with E-state index in [2.05, 4.69) is 53.7 Å². The third-order valence-electron chi connectivity index (χ3n) is 6.18. The van der Waals surface area contributed by atoms with E-state index < -0.39 is 17.8 Å². The second-order valence-corrected chi connectivity index (χ2v) is 9.65. The van der Waals surface area contributed by atoms with Crippen LogP contribution in [0.5, 0.6) is 0 Å². The molecule has 0 fully saturated rings. The predicted molar refractivity (Wildman–Crippen MR) is 148 cm³/mol. The summed E-state index contributed by atoms with van der Waals surface area (Å²) in [5, 5.41) is 6.13. The Morgan fingerprint density at radius 3 is 1.95 bits per heavy atom. The number of hydrogen-bond acceptors (Lipinski definition) is 3. The van der Waals surface area contributed by atoms with Gasteiger partial charge in [0.2, 0.25) is 0 Å². The lowest BCUT2D eigenvalue weighted by Gasteiger charge is -2.23. The van der Waals surface area contributed by atoms with E-state index in [9.17, 15) is 18.0 Å². The van der Waals surface area contributed by atoms with Crippen molar-refractivity contribution in [3.05, 3.63) is 120 Å². The zero-order chi connectivity index (χ0) is 27.8. The Bertz CT molecular complexity index is 1340. The van der Waals surface area contributed by atoms with Gasteiger partial charge in [-0.15, -0.1) is 0 Å². The molecule has 5 nitrogen and oxygen atoms in total. The molecule has 0 aliphatic carbocycles. The van der Waals surface area contributed by atoms with E-state index >= 15 is 0 Å². The molecular formula is C31H31F3N4O. The highest BCUT2D eigenvalue weighted by molar-refractivity contribution is 5.89. The van der Waals surface area contributed by atoms with Crippen LogP contribution < -0.4 is 10.6 Å². The van der Waals surface area contributed by atoms with Crippen molar-refractivity contribution < 1.29 is 18.0 Å². The molecule has 0 spiro atoms. The number of carbonyl (C=O) groups excluding carboxylic acids is 1. The van der Waals surface area contributed by atoms with Crippen LogP contribution in [-0.4, -0.2) is 22.0 Å². The minimum absolute atomic E-state index is 0.284. The molecule has 0 aliphatic rings. The van der Waals surface area contributed by atoms with Crippen LogP contribution in [0.4, 0.5) is 23.7 Å². The Morgan fingerprint density at radius 1 is 0.821 bits per heavy atom. The SMILES string of the molecule is CC(C)NCc1ccc(-c2ccc(CN(Cc3cccnc3)C(=O)Nc3ccc(C(F)(F)F)cc3)cc2)cc1. The van der Waals surface area contributed by atoms with Crippen molar-refractivity contribution >= 4 is 11.7 Å². The number of hydrogen-bond donors (Lipinski definition) is 2. The smallest absolute Gasteiger partial charge is 0.316 e. The van der Waals surface area contributed by atoms with Crippen molar-refractivity contribution in [2.24, 2.45) is 0 Å². The number of pyridine rings is 1. The molecule has 0 aliphatic heterocycles. The number of rotatable bonds is 9. The number of nitrogens with zero attached hydrogens (tertiary/aromatic N) is 2. The maximum Gasteiger partial charge on any atom is 0.416 e. The number of nitrogens with one attached hydrogen (secondary N) is 2. The standard InChI is InChI=1S/C31H31F3N4O/c1-22(2)36-19-23-5-9-26(10-6-23)27-11-7-24(8-12-27)20-38(21-25-4-3-17-35-18-25)30(39)37-29-15-13-28(14-16-29)31(32,33)34/h3-18,22,36H,19-21H2,1-2H3,(H,37,39). The maximum atomic E-state index is 13.2. The first-order valence-corrected chi connectivity index (χ1v) is 12.7. The van der Waals surface area contributed by atoms with Crippen LogP contribution in [0.2, 0.25) is 0 Å². The van der Waals surface area contributed by atoms with Crippen molar-refractivity contribution in [2.75, 3.05) is 5.32 Å². The zero-order valence-electron chi connectivity index (χ0n) is 21.9. The number of amides is 2. The Kier molecular flexibility index (Phi) is 8.99. The first kappa shape index (κ1) is 27.9. The van der Waals surface area contributed by atoms with Gasteiger partial charge in [0.05, 0.1) is 5.56 Å². The molecule has 1 aromatic heterocycles. The molecule has 39 heavy (non-hydrogen) atoms. The molecule has 202 valence electrons. The van der Waals surface area contributed by atoms with Gasteiger partial charge in [0.15, 0.2) is 0 Å². The van der Waals surface area contributed by atoms with Crippen LogP contribution in [0.25, 0.3) is 11.1 Å². The molecule has 0 radical (unpaired) electrons. The Balaban J connectivity index is 1.46. The van der Waals surface area contributed by atoms with Gasteiger partial charge < -0.3 is 15.5 Å². The molecule has 1 heterocycles. The average Bonchev–Trinajstić information content (AvgIpc) is 2.92. The summed E-state index contributed by atoms with van der Waals surface area (Å²) in [5.74, 6) is 0. The van der Waals surface area contributed by atoms with Crippen LogP contribution in [0.1, 0.15) is 36.1 Å². The van der Waals surface area contributed by atoms with Crippen LogP contribution in [0.15, 0.2) is 97.3 Å². The van der Waals surface area contributed by atoms with Gasteiger partial charge in [0, 0.05) is 43.8 Å². The lowest BCUT2D eigenvalue weighted by Crippen LogP contribution is -2.34. The summed E-state index contributed by atoms with van der Waals surface area (Å²) in [6.45, 7) is 5.64. The first-order valence-electron chi connectivity index (χ1n) is 12.7. The lowest BCUT2D eigenvalue weighted by molar-refractivity contribution is -0.137. The van der Waals surface area contributed by atoms with Gasteiger partial charge >= 0.3 is 12.2 Å². The summed E-state index contributed by atoms with van der Waals surface area (Å²) in [7, 11) is 0. The van der Waals surface area contributed by atoms with Gasteiger partial charge in [-0.3, -0.25) is 4.98 Å². The molecule has 3 aromatic carbocycles. The maximum absolute atomic E-state index is 13.2. The average molecular weight is 533 g/mol. The molecule has 8 heteroatoms. The fourth-order valence-electron chi connectivity index (χ4n) is 4.02. The van der Waals surface area contributed by atoms with Gasteiger partial charge in [0.1, 0.15) is 0 Å². The van der Waals surface area contributed by atoms with E-state index in [1.165, 1.54) is 17.7 Å². The fourth-order valence-corrected chi connectivity index (χ4v) is 4.02. The molecule has 0 saturated heterocycles. The highest BCUT2D eigenvalue weighted by atomic mass is 19.4. The Morgan fingerprint density at radius 2 is 1.41 bits per heavy atom. The van der Waals surface area contributed by atoms with Crippen molar-refractivity contribution in [3.63, 3.8) is 0 Å². The zero-order valence-corrected chi connectivity index (χ0v) is 21.9.